The minimum absolute atomic E-state index is 0.263. The number of benzene rings is 1. The van der Waals surface area contributed by atoms with Gasteiger partial charge in [0, 0.05) is 31.7 Å². The van der Waals surface area contributed by atoms with Crippen molar-refractivity contribution in [1.82, 2.24) is 4.90 Å². The summed E-state index contributed by atoms with van der Waals surface area (Å²) in [5.74, 6) is 0.913. The van der Waals surface area contributed by atoms with E-state index >= 15 is 0 Å². The van der Waals surface area contributed by atoms with Crippen molar-refractivity contribution in [3.63, 3.8) is 0 Å². The van der Waals surface area contributed by atoms with E-state index in [1.165, 1.54) is 30.4 Å². The number of hydrogen-bond acceptors (Lipinski definition) is 2. The Bertz CT molecular complexity index is 751. The third-order valence-corrected chi connectivity index (χ3v) is 6.75. The topological polar surface area (TPSA) is 23.6 Å². The standard InChI is InChI=1S/C27H38N2O/c1-4-23(5-2)16-18-28-19-17-26(21-28)29(25-12-7-6-8-13-25)27(30)15-14-24-11-9-10-22(3)20-24/h4-8,12-13,24,26H,1,3,9-11,14-21H2,2H3/b23-5+. The van der Waals surface area contributed by atoms with Crippen LogP contribution in [0.4, 0.5) is 5.69 Å². The highest BCUT2D eigenvalue weighted by atomic mass is 16.2. The molecule has 0 radical (unpaired) electrons. The number of rotatable bonds is 9. The Morgan fingerprint density at radius 2 is 2.03 bits per heavy atom. The number of para-hydroxylation sites is 1. The Labute approximate surface area is 183 Å². The van der Waals surface area contributed by atoms with E-state index in [2.05, 4.69) is 48.1 Å². The van der Waals surface area contributed by atoms with E-state index in [0.29, 0.717) is 12.3 Å². The molecule has 1 saturated carbocycles. The number of carbonyl (C=O) groups excluding carboxylic acids is 1. The number of nitrogens with zero attached hydrogens (tertiary/aromatic N) is 2. The van der Waals surface area contributed by atoms with E-state index in [4.69, 9.17) is 0 Å². The maximum absolute atomic E-state index is 13.4. The van der Waals surface area contributed by atoms with E-state index in [-0.39, 0.29) is 11.9 Å². The summed E-state index contributed by atoms with van der Waals surface area (Å²) in [5.41, 5.74) is 3.70. The second-order valence-corrected chi connectivity index (χ2v) is 8.91. The molecule has 2 aliphatic rings. The summed E-state index contributed by atoms with van der Waals surface area (Å²) in [6, 6.07) is 10.5. The molecule has 1 heterocycles. The maximum atomic E-state index is 13.4. The lowest BCUT2D eigenvalue weighted by molar-refractivity contribution is -0.119. The number of anilines is 1. The molecule has 0 spiro atoms. The van der Waals surface area contributed by atoms with Gasteiger partial charge in [-0.05, 0) is 69.9 Å². The zero-order chi connectivity index (χ0) is 21.3. The molecule has 0 N–H and O–H groups in total. The zero-order valence-electron chi connectivity index (χ0n) is 18.7. The third-order valence-electron chi connectivity index (χ3n) is 6.75. The van der Waals surface area contributed by atoms with Crippen LogP contribution in [-0.4, -0.2) is 36.5 Å². The van der Waals surface area contributed by atoms with Gasteiger partial charge >= 0.3 is 0 Å². The summed E-state index contributed by atoms with van der Waals surface area (Å²) < 4.78 is 0. The van der Waals surface area contributed by atoms with Gasteiger partial charge < -0.3 is 9.80 Å². The molecule has 1 amide bonds. The number of likely N-dealkylation sites (tertiary alicyclic amines) is 1. The summed E-state index contributed by atoms with van der Waals surface area (Å²) in [7, 11) is 0. The first kappa shape index (κ1) is 22.6. The molecular formula is C27H38N2O. The monoisotopic (exact) mass is 406 g/mol. The van der Waals surface area contributed by atoms with Crippen LogP contribution in [0.15, 0.2) is 66.8 Å². The van der Waals surface area contributed by atoms with Crippen molar-refractivity contribution >= 4 is 11.6 Å². The van der Waals surface area contributed by atoms with Crippen molar-refractivity contribution in [2.24, 2.45) is 5.92 Å². The Morgan fingerprint density at radius 3 is 2.73 bits per heavy atom. The zero-order valence-corrected chi connectivity index (χ0v) is 18.7. The molecule has 0 bridgehead atoms. The van der Waals surface area contributed by atoms with Crippen molar-refractivity contribution < 1.29 is 4.79 Å². The normalized spacial score (nSPS) is 22.8. The predicted molar refractivity (Wildman–Crippen MR) is 128 cm³/mol. The largest absolute Gasteiger partial charge is 0.308 e. The van der Waals surface area contributed by atoms with Gasteiger partial charge in [-0.2, -0.15) is 0 Å². The van der Waals surface area contributed by atoms with Crippen LogP contribution < -0.4 is 4.90 Å². The minimum Gasteiger partial charge on any atom is -0.308 e. The molecule has 30 heavy (non-hydrogen) atoms. The first-order chi connectivity index (χ1) is 14.6. The van der Waals surface area contributed by atoms with E-state index in [1.807, 2.05) is 24.3 Å². The van der Waals surface area contributed by atoms with Gasteiger partial charge in [0.1, 0.15) is 0 Å². The van der Waals surface area contributed by atoms with E-state index in [9.17, 15) is 4.79 Å². The molecule has 0 aromatic heterocycles. The summed E-state index contributed by atoms with van der Waals surface area (Å²) in [6.45, 7) is 13.2. The molecular weight excluding hydrogens is 368 g/mol. The van der Waals surface area contributed by atoms with Gasteiger partial charge in [0.05, 0.1) is 6.04 Å². The quantitative estimate of drug-likeness (QED) is 0.363. The summed E-state index contributed by atoms with van der Waals surface area (Å²) in [6.07, 6.45) is 12.5. The highest BCUT2D eigenvalue weighted by Gasteiger charge is 2.31. The third kappa shape index (κ3) is 6.18. The van der Waals surface area contributed by atoms with Crippen LogP contribution in [0.3, 0.4) is 0 Å². The molecule has 1 aromatic rings. The van der Waals surface area contributed by atoms with Crippen LogP contribution in [-0.2, 0) is 4.79 Å². The highest BCUT2D eigenvalue weighted by Crippen LogP contribution is 2.31. The van der Waals surface area contributed by atoms with Crippen molar-refractivity contribution in [1.29, 1.82) is 0 Å². The SMILES string of the molecule is C=C/C(=C\C)CCN1CCC(N(C(=O)CCC2CCCC(=C)C2)c2ccccc2)C1. The predicted octanol–water partition coefficient (Wildman–Crippen LogP) is 6.14. The first-order valence-electron chi connectivity index (χ1n) is 11.6. The first-order valence-corrected chi connectivity index (χ1v) is 11.6. The average molecular weight is 407 g/mol. The van der Waals surface area contributed by atoms with Crippen LogP contribution in [0.5, 0.6) is 0 Å². The molecule has 1 saturated heterocycles. The van der Waals surface area contributed by atoms with E-state index in [0.717, 1.165) is 51.0 Å². The maximum Gasteiger partial charge on any atom is 0.227 e. The van der Waals surface area contributed by atoms with Crippen molar-refractivity contribution in [3.05, 3.63) is 66.8 Å². The average Bonchev–Trinajstić information content (AvgIpc) is 3.22. The van der Waals surface area contributed by atoms with Crippen LogP contribution in [0.2, 0.25) is 0 Å². The van der Waals surface area contributed by atoms with Gasteiger partial charge in [-0.3, -0.25) is 4.79 Å². The van der Waals surface area contributed by atoms with E-state index < -0.39 is 0 Å². The Morgan fingerprint density at radius 1 is 1.23 bits per heavy atom. The van der Waals surface area contributed by atoms with Gasteiger partial charge in [-0.25, -0.2) is 0 Å². The van der Waals surface area contributed by atoms with E-state index in [1.54, 1.807) is 0 Å². The Hall–Kier alpha value is -2.13. The fourth-order valence-electron chi connectivity index (χ4n) is 4.97. The van der Waals surface area contributed by atoms with Crippen LogP contribution in [0, 0.1) is 5.92 Å². The van der Waals surface area contributed by atoms with Crippen molar-refractivity contribution in [2.45, 2.75) is 64.3 Å². The molecule has 1 aromatic carbocycles. The van der Waals surface area contributed by atoms with Gasteiger partial charge in [0.25, 0.3) is 0 Å². The number of carbonyl (C=O) groups is 1. The molecule has 162 valence electrons. The minimum atomic E-state index is 0.263. The molecule has 2 fully saturated rings. The molecule has 3 rings (SSSR count). The lowest BCUT2D eigenvalue weighted by Gasteiger charge is -2.31. The number of allylic oxidation sites excluding steroid dienone is 3. The molecule has 1 aliphatic heterocycles. The fraction of sp³-hybridized carbons (Fsp3) is 0.519. The van der Waals surface area contributed by atoms with Gasteiger partial charge in [-0.15, -0.1) is 0 Å². The molecule has 3 heteroatoms. The molecule has 2 unspecified atom stereocenters. The second kappa shape index (κ2) is 11.3. The van der Waals surface area contributed by atoms with Gasteiger partial charge in [0.15, 0.2) is 0 Å². The second-order valence-electron chi connectivity index (χ2n) is 8.91. The van der Waals surface area contributed by atoms with Crippen LogP contribution in [0.1, 0.15) is 58.3 Å². The summed E-state index contributed by atoms with van der Waals surface area (Å²) >= 11 is 0. The Balaban J connectivity index is 1.62. The van der Waals surface area contributed by atoms with Gasteiger partial charge in [0.2, 0.25) is 5.91 Å². The number of hydrogen-bond donors (Lipinski definition) is 0. The molecule has 1 aliphatic carbocycles. The van der Waals surface area contributed by atoms with Crippen molar-refractivity contribution in [3.8, 4) is 0 Å². The molecule has 3 nitrogen and oxygen atoms in total. The summed E-state index contributed by atoms with van der Waals surface area (Å²) in [4.78, 5) is 18.0. The van der Waals surface area contributed by atoms with Crippen LogP contribution in [0.25, 0.3) is 0 Å². The van der Waals surface area contributed by atoms with Gasteiger partial charge in [-0.1, -0.05) is 54.7 Å². The Kier molecular flexibility index (Phi) is 8.50. The van der Waals surface area contributed by atoms with Crippen molar-refractivity contribution in [2.75, 3.05) is 24.5 Å². The fourth-order valence-corrected chi connectivity index (χ4v) is 4.97. The number of amides is 1. The lowest BCUT2D eigenvalue weighted by atomic mass is 9.83. The highest BCUT2D eigenvalue weighted by molar-refractivity contribution is 5.94. The van der Waals surface area contributed by atoms with Crippen LogP contribution >= 0.6 is 0 Å². The summed E-state index contributed by atoms with van der Waals surface area (Å²) in [5, 5.41) is 0. The smallest absolute Gasteiger partial charge is 0.227 e. The molecule has 2 atom stereocenters. The lowest BCUT2D eigenvalue weighted by Crippen LogP contribution is -2.42.